The van der Waals surface area contributed by atoms with Gasteiger partial charge in [0.1, 0.15) is 18.0 Å². The lowest BCUT2D eigenvalue weighted by Crippen LogP contribution is -2.03. The molecule has 3 aromatic carbocycles. The molecule has 0 spiro atoms. The third-order valence-electron chi connectivity index (χ3n) is 5.24. The highest BCUT2D eigenvalue weighted by atomic mass is 15.2. The maximum Gasteiger partial charge on any atom is 0.142 e. The number of hydrogen-bond acceptors (Lipinski definition) is 2. The zero-order valence-corrected chi connectivity index (χ0v) is 15.5. The third kappa shape index (κ3) is 2.41. The van der Waals surface area contributed by atoms with Crippen LogP contribution in [0.15, 0.2) is 97.6 Å². The molecule has 0 unspecified atom stereocenters. The lowest BCUT2D eigenvalue weighted by molar-refractivity contribution is 0.943. The Bertz CT molecular complexity index is 1410. The number of benzene rings is 3. The van der Waals surface area contributed by atoms with Crippen molar-refractivity contribution >= 4 is 21.9 Å². The molecule has 0 atom stereocenters. The van der Waals surface area contributed by atoms with E-state index >= 15 is 0 Å². The van der Waals surface area contributed by atoms with Crippen molar-refractivity contribution in [2.24, 2.45) is 0 Å². The molecule has 0 fully saturated rings. The summed E-state index contributed by atoms with van der Waals surface area (Å²) in [4.78, 5) is 12.7. The first-order valence-corrected chi connectivity index (χ1v) is 9.52. The van der Waals surface area contributed by atoms with Gasteiger partial charge in [-0.3, -0.25) is 9.13 Å². The molecule has 3 heterocycles. The van der Waals surface area contributed by atoms with Crippen molar-refractivity contribution in [2.45, 2.75) is 0 Å². The minimum Gasteiger partial charge on any atom is -0.338 e. The molecular weight excluding hydrogens is 358 g/mol. The summed E-state index contributed by atoms with van der Waals surface area (Å²) in [5.41, 5.74) is 5.25. The molecule has 0 aliphatic heterocycles. The Morgan fingerprint density at radius 1 is 0.793 bits per heavy atom. The van der Waals surface area contributed by atoms with Crippen LogP contribution in [0.25, 0.3) is 44.8 Å². The Morgan fingerprint density at radius 2 is 1.59 bits per heavy atom. The summed E-state index contributed by atoms with van der Waals surface area (Å²) >= 11 is 0. The van der Waals surface area contributed by atoms with Crippen LogP contribution >= 0.6 is 0 Å². The van der Waals surface area contributed by atoms with E-state index < -0.39 is 0 Å². The Hall–Kier alpha value is -4.12. The fraction of sp³-hybridized carbons (Fsp3) is 0. The topological polar surface area (TPSA) is 51.4 Å². The molecular formula is C24H17N5. The second-order valence-electron chi connectivity index (χ2n) is 6.96. The van der Waals surface area contributed by atoms with Gasteiger partial charge in [0.15, 0.2) is 0 Å². The Kier molecular flexibility index (Phi) is 3.40. The summed E-state index contributed by atoms with van der Waals surface area (Å²) in [6.45, 7) is 0. The SMILES string of the molecule is c1ccc(-n2c(-n3ccnc3)c(-c3nc4ccccc4[nH]3)c3ccccc32)cc1. The van der Waals surface area contributed by atoms with Crippen LogP contribution in [0.1, 0.15) is 0 Å². The van der Waals surface area contributed by atoms with Crippen molar-refractivity contribution in [2.75, 3.05) is 0 Å². The molecule has 0 radical (unpaired) electrons. The van der Waals surface area contributed by atoms with E-state index in [1.54, 1.807) is 6.20 Å². The standard InChI is InChI=1S/C24H17N5/c1-2-8-17(9-3-1)29-21-13-7-4-10-18(21)22(24(29)28-15-14-25-16-28)23-26-19-11-5-6-12-20(19)27-23/h1-16H,(H,26,27). The Morgan fingerprint density at radius 3 is 2.41 bits per heavy atom. The van der Waals surface area contributed by atoms with Gasteiger partial charge >= 0.3 is 0 Å². The van der Waals surface area contributed by atoms with Crippen molar-refractivity contribution in [1.29, 1.82) is 0 Å². The van der Waals surface area contributed by atoms with Crippen LogP contribution in [-0.2, 0) is 0 Å². The minimum absolute atomic E-state index is 0.848. The molecule has 5 nitrogen and oxygen atoms in total. The van der Waals surface area contributed by atoms with Gasteiger partial charge in [0.05, 0.1) is 22.1 Å². The number of aromatic nitrogens is 5. The fourth-order valence-electron chi connectivity index (χ4n) is 4.00. The number of rotatable bonds is 3. The number of fused-ring (bicyclic) bond motifs is 2. The highest BCUT2D eigenvalue weighted by Crippen LogP contribution is 2.38. The maximum absolute atomic E-state index is 4.91. The quantitative estimate of drug-likeness (QED) is 0.453. The fourth-order valence-corrected chi connectivity index (χ4v) is 4.00. The number of para-hydroxylation sites is 4. The number of aromatic amines is 1. The average molecular weight is 375 g/mol. The molecule has 6 rings (SSSR count). The van der Waals surface area contributed by atoms with Crippen LogP contribution in [0.2, 0.25) is 0 Å². The summed E-state index contributed by atoms with van der Waals surface area (Å²) in [5, 5.41) is 1.14. The van der Waals surface area contributed by atoms with Gasteiger partial charge in [0.2, 0.25) is 0 Å². The zero-order valence-electron chi connectivity index (χ0n) is 15.5. The zero-order chi connectivity index (χ0) is 19.2. The van der Waals surface area contributed by atoms with Gasteiger partial charge in [-0.25, -0.2) is 9.97 Å². The number of H-pyrrole nitrogens is 1. The first kappa shape index (κ1) is 15.9. The molecule has 5 heteroatoms. The van der Waals surface area contributed by atoms with Crippen LogP contribution in [0.5, 0.6) is 0 Å². The van der Waals surface area contributed by atoms with E-state index in [-0.39, 0.29) is 0 Å². The van der Waals surface area contributed by atoms with E-state index in [2.05, 4.69) is 73.7 Å². The summed E-state index contributed by atoms with van der Waals surface area (Å²) in [5.74, 6) is 1.86. The van der Waals surface area contributed by atoms with Gasteiger partial charge in [-0.1, -0.05) is 48.5 Å². The normalized spacial score (nSPS) is 11.4. The first-order valence-electron chi connectivity index (χ1n) is 9.52. The van der Waals surface area contributed by atoms with Crippen molar-refractivity contribution in [3.8, 4) is 22.9 Å². The summed E-state index contributed by atoms with van der Waals surface area (Å²) in [7, 11) is 0. The molecule has 3 aromatic heterocycles. The lowest BCUT2D eigenvalue weighted by atomic mass is 10.1. The van der Waals surface area contributed by atoms with Crippen molar-refractivity contribution < 1.29 is 0 Å². The van der Waals surface area contributed by atoms with Gasteiger partial charge in [-0.15, -0.1) is 0 Å². The van der Waals surface area contributed by atoms with Crippen molar-refractivity contribution in [1.82, 2.24) is 24.1 Å². The summed E-state index contributed by atoms with van der Waals surface area (Å²) < 4.78 is 4.31. The Labute approximate surface area is 166 Å². The molecule has 29 heavy (non-hydrogen) atoms. The first-order chi connectivity index (χ1) is 14.4. The van der Waals surface area contributed by atoms with Crippen LogP contribution in [-0.4, -0.2) is 24.1 Å². The number of hydrogen-bond donors (Lipinski definition) is 1. The van der Waals surface area contributed by atoms with Crippen molar-refractivity contribution in [3.63, 3.8) is 0 Å². The van der Waals surface area contributed by atoms with Gasteiger partial charge in [-0.2, -0.15) is 0 Å². The summed E-state index contributed by atoms with van der Waals surface area (Å²) in [6, 6.07) is 26.9. The molecule has 0 bridgehead atoms. The van der Waals surface area contributed by atoms with Crippen LogP contribution in [0.3, 0.4) is 0 Å². The maximum atomic E-state index is 4.91. The van der Waals surface area contributed by atoms with Gasteiger partial charge in [-0.05, 0) is 30.3 Å². The molecule has 0 saturated carbocycles. The highest BCUT2D eigenvalue weighted by molar-refractivity contribution is 6.01. The van der Waals surface area contributed by atoms with Crippen LogP contribution < -0.4 is 0 Å². The number of nitrogens with one attached hydrogen (secondary N) is 1. The number of imidazole rings is 2. The monoisotopic (exact) mass is 375 g/mol. The second kappa shape index (κ2) is 6.21. The Balaban J connectivity index is 1.78. The highest BCUT2D eigenvalue weighted by Gasteiger charge is 2.23. The van der Waals surface area contributed by atoms with Crippen LogP contribution in [0, 0.1) is 0 Å². The molecule has 0 aliphatic carbocycles. The van der Waals surface area contributed by atoms with E-state index in [4.69, 9.17) is 4.98 Å². The van der Waals surface area contributed by atoms with Crippen LogP contribution in [0.4, 0.5) is 0 Å². The molecule has 138 valence electrons. The van der Waals surface area contributed by atoms with Gasteiger partial charge < -0.3 is 4.98 Å². The van der Waals surface area contributed by atoms with Gasteiger partial charge in [0, 0.05) is 23.5 Å². The van der Waals surface area contributed by atoms with E-state index in [1.807, 2.05) is 36.8 Å². The lowest BCUT2D eigenvalue weighted by Gasteiger charge is -2.12. The van der Waals surface area contributed by atoms with E-state index in [0.717, 1.165) is 44.8 Å². The van der Waals surface area contributed by atoms with E-state index in [1.165, 1.54) is 0 Å². The molecule has 0 amide bonds. The van der Waals surface area contributed by atoms with E-state index in [9.17, 15) is 0 Å². The predicted octanol–water partition coefficient (Wildman–Crippen LogP) is 5.36. The predicted molar refractivity (Wildman–Crippen MR) is 115 cm³/mol. The molecule has 6 aromatic rings. The number of nitrogens with zero attached hydrogens (tertiary/aromatic N) is 4. The van der Waals surface area contributed by atoms with Gasteiger partial charge in [0.25, 0.3) is 0 Å². The molecule has 0 aliphatic rings. The summed E-state index contributed by atoms with van der Waals surface area (Å²) in [6.07, 6.45) is 5.61. The minimum atomic E-state index is 0.848. The van der Waals surface area contributed by atoms with E-state index in [0.29, 0.717) is 0 Å². The second-order valence-corrected chi connectivity index (χ2v) is 6.96. The smallest absolute Gasteiger partial charge is 0.142 e. The molecule has 0 saturated heterocycles. The average Bonchev–Trinajstić information content (AvgIpc) is 3.50. The third-order valence-corrected chi connectivity index (χ3v) is 5.24. The van der Waals surface area contributed by atoms with Crippen molar-refractivity contribution in [3.05, 3.63) is 97.6 Å². The molecule has 1 N–H and O–H groups in total. The largest absolute Gasteiger partial charge is 0.338 e.